The summed E-state index contributed by atoms with van der Waals surface area (Å²) in [6, 6.07) is 5.78. The van der Waals surface area contributed by atoms with Crippen LogP contribution in [0.3, 0.4) is 0 Å². The average molecular weight is 260 g/mol. The molecule has 2 aromatic rings. The molecule has 0 N–H and O–H groups in total. The second-order valence-electron chi connectivity index (χ2n) is 3.91. The summed E-state index contributed by atoms with van der Waals surface area (Å²) in [5, 5.41) is 0. The Kier molecular flexibility index (Phi) is 3.85. The Morgan fingerprint density at radius 2 is 1.95 bits per heavy atom. The third-order valence-corrected chi connectivity index (χ3v) is 2.63. The van der Waals surface area contributed by atoms with Crippen LogP contribution in [0.15, 0.2) is 30.6 Å². The summed E-state index contributed by atoms with van der Waals surface area (Å²) in [7, 11) is 0. The van der Waals surface area contributed by atoms with Crippen molar-refractivity contribution < 1.29 is 13.9 Å². The van der Waals surface area contributed by atoms with E-state index in [9.17, 15) is 9.18 Å². The summed E-state index contributed by atoms with van der Waals surface area (Å²) in [5.41, 5.74) is 1.95. The summed E-state index contributed by atoms with van der Waals surface area (Å²) < 4.78 is 17.9. The second kappa shape index (κ2) is 5.56. The van der Waals surface area contributed by atoms with E-state index in [-0.39, 0.29) is 12.4 Å². The number of carbonyl (C=O) groups excluding carboxylic acids is 1. The normalized spacial score (nSPS) is 10.3. The topological polar surface area (TPSA) is 52.1 Å². The molecule has 0 spiro atoms. The van der Waals surface area contributed by atoms with Gasteiger partial charge in [-0.3, -0.25) is 0 Å². The van der Waals surface area contributed by atoms with E-state index < -0.39 is 5.97 Å². The van der Waals surface area contributed by atoms with E-state index in [1.807, 2.05) is 0 Å². The molecular formula is C14H13FN2O2. The maximum atomic E-state index is 12.9. The van der Waals surface area contributed by atoms with Crippen LogP contribution in [0.2, 0.25) is 0 Å². The molecule has 1 aromatic heterocycles. The number of aryl methyl sites for hydroxylation is 1. The lowest BCUT2D eigenvalue weighted by Crippen LogP contribution is -2.11. The molecule has 1 heterocycles. The van der Waals surface area contributed by atoms with Crippen LogP contribution in [0.5, 0.6) is 0 Å². The molecule has 0 atom stereocenters. The third kappa shape index (κ3) is 2.76. The van der Waals surface area contributed by atoms with Crippen molar-refractivity contribution in [2.45, 2.75) is 13.8 Å². The van der Waals surface area contributed by atoms with Gasteiger partial charge in [0.25, 0.3) is 0 Å². The molecule has 0 aliphatic heterocycles. The Balaban J connectivity index is 2.54. The fourth-order valence-corrected chi connectivity index (χ4v) is 1.75. The quantitative estimate of drug-likeness (QED) is 0.796. The maximum Gasteiger partial charge on any atom is 0.342 e. The number of carbonyl (C=O) groups is 1. The Morgan fingerprint density at radius 3 is 2.58 bits per heavy atom. The van der Waals surface area contributed by atoms with Gasteiger partial charge in [0.2, 0.25) is 0 Å². The van der Waals surface area contributed by atoms with Gasteiger partial charge in [-0.2, -0.15) is 0 Å². The van der Waals surface area contributed by atoms with E-state index in [4.69, 9.17) is 4.74 Å². The third-order valence-electron chi connectivity index (χ3n) is 2.63. The number of ether oxygens (including phenoxy) is 1. The van der Waals surface area contributed by atoms with Crippen LogP contribution in [0.1, 0.15) is 23.0 Å². The summed E-state index contributed by atoms with van der Waals surface area (Å²) >= 11 is 0. The number of hydrogen-bond donors (Lipinski definition) is 0. The monoisotopic (exact) mass is 260 g/mol. The highest BCUT2D eigenvalue weighted by Gasteiger charge is 2.18. The molecule has 0 amide bonds. The fourth-order valence-electron chi connectivity index (χ4n) is 1.75. The van der Waals surface area contributed by atoms with E-state index in [0.717, 1.165) is 0 Å². The molecule has 1 aromatic carbocycles. The Hall–Kier alpha value is -2.30. The second-order valence-corrected chi connectivity index (χ2v) is 3.91. The number of nitrogens with zero attached hydrogens (tertiary/aromatic N) is 2. The van der Waals surface area contributed by atoms with Crippen molar-refractivity contribution >= 4 is 5.97 Å². The number of benzene rings is 1. The number of halogens is 1. The predicted molar refractivity (Wildman–Crippen MR) is 68.1 cm³/mol. The van der Waals surface area contributed by atoms with Crippen LogP contribution in [-0.4, -0.2) is 22.5 Å². The number of esters is 1. The Morgan fingerprint density at radius 1 is 1.26 bits per heavy atom. The highest BCUT2D eigenvalue weighted by molar-refractivity contribution is 5.97. The van der Waals surface area contributed by atoms with Crippen LogP contribution in [-0.2, 0) is 4.74 Å². The standard InChI is InChI=1S/C14H13FN2O2/c1-3-19-14(18)12-9(2)16-8-17-13(12)10-4-6-11(15)7-5-10/h4-8H,3H2,1-2H3. The van der Waals surface area contributed by atoms with Gasteiger partial charge in [-0.25, -0.2) is 19.2 Å². The lowest BCUT2D eigenvalue weighted by Gasteiger charge is -2.09. The molecule has 4 nitrogen and oxygen atoms in total. The SMILES string of the molecule is CCOC(=O)c1c(C)ncnc1-c1ccc(F)cc1. The van der Waals surface area contributed by atoms with Gasteiger partial charge in [0, 0.05) is 5.56 Å². The molecule has 2 rings (SSSR count). The molecular weight excluding hydrogens is 247 g/mol. The first-order valence-corrected chi connectivity index (χ1v) is 5.88. The van der Waals surface area contributed by atoms with Crippen LogP contribution >= 0.6 is 0 Å². The van der Waals surface area contributed by atoms with Crippen LogP contribution in [0.25, 0.3) is 11.3 Å². The van der Waals surface area contributed by atoms with Crippen molar-refractivity contribution in [3.05, 3.63) is 47.7 Å². The molecule has 0 fully saturated rings. The van der Waals surface area contributed by atoms with Gasteiger partial charge in [0.05, 0.1) is 18.0 Å². The molecule has 5 heteroatoms. The number of rotatable bonds is 3. The van der Waals surface area contributed by atoms with E-state index in [0.29, 0.717) is 22.5 Å². The van der Waals surface area contributed by atoms with Crippen LogP contribution in [0, 0.1) is 12.7 Å². The van der Waals surface area contributed by atoms with Gasteiger partial charge in [0.15, 0.2) is 0 Å². The zero-order valence-corrected chi connectivity index (χ0v) is 10.7. The zero-order valence-electron chi connectivity index (χ0n) is 10.7. The van der Waals surface area contributed by atoms with Crippen molar-refractivity contribution in [2.24, 2.45) is 0 Å². The number of hydrogen-bond acceptors (Lipinski definition) is 4. The van der Waals surface area contributed by atoms with Crippen molar-refractivity contribution in [1.29, 1.82) is 0 Å². The fraction of sp³-hybridized carbons (Fsp3) is 0.214. The van der Waals surface area contributed by atoms with Crippen LogP contribution < -0.4 is 0 Å². The molecule has 0 saturated heterocycles. The summed E-state index contributed by atoms with van der Waals surface area (Å²) in [6.07, 6.45) is 1.37. The molecule has 0 unspecified atom stereocenters. The lowest BCUT2D eigenvalue weighted by atomic mass is 10.0. The van der Waals surface area contributed by atoms with Gasteiger partial charge >= 0.3 is 5.97 Å². The lowest BCUT2D eigenvalue weighted by molar-refractivity contribution is 0.0525. The highest BCUT2D eigenvalue weighted by Crippen LogP contribution is 2.23. The number of aromatic nitrogens is 2. The molecule has 98 valence electrons. The van der Waals surface area contributed by atoms with Crippen LogP contribution in [0.4, 0.5) is 4.39 Å². The predicted octanol–water partition coefficient (Wildman–Crippen LogP) is 2.77. The average Bonchev–Trinajstić information content (AvgIpc) is 2.39. The van der Waals surface area contributed by atoms with Crippen molar-refractivity contribution in [1.82, 2.24) is 9.97 Å². The van der Waals surface area contributed by atoms with Gasteiger partial charge in [0.1, 0.15) is 17.7 Å². The van der Waals surface area contributed by atoms with E-state index in [2.05, 4.69) is 9.97 Å². The molecule has 0 radical (unpaired) electrons. The molecule has 19 heavy (non-hydrogen) atoms. The van der Waals surface area contributed by atoms with E-state index in [1.165, 1.54) is 18.5 Å². The van der Waals surface area contributed by atoms with Gasteiger partial charge in [-0.1, -0.05) is 0 Å². The largest absolute Gasteiger partial charge is 0.462 e. The van der Waals surface area contributed by atoms with Gasteiger partial charge in [-0.15, -0.1) is 0 Å². The maximum absolute atomic E-state index is 12.9. The van der Waals surface area contributed by atoms with E-state index >= 15 is 0 Å². The first-order valence-electron chi connectivity index (χ1n) is 5.88. The molecule has 0 aliphatic rings. The van der Waals surface area contributed by atoms with Crippen molar-refractivity contribution in [2.75, 3.05) is 6.61 Å². The minimum absolute atomic E-state index is 0.274. The zero-order chi connectivity index (χ0) is 13.8. The van der Waals surface area contributed by atoms with Crippen molar-refractivity contribution in [3.63, 3.8) is 0 Å². The minimum Gasteiger partial charge on any atom is -0.462 e. The van der Waals surface area contributed by atoms with Gasteiger partial charge in [-0.05, 0) is 38.1 Å². The summed E-state index contributed by atoms with van der Waals surface area (Å²) in [5.74, 6) is -0.813. The summed E-state index contributed by atoms with van der Waals surface area (Å²) in [4.78, 5) is 20.1. The molecule has 0 saturated carbocycles. The Labute approximate surface area is 110 Å². The first-order chi connectivity index (χ1) is 9.13. The Bertz CT molecular complexity index is 597. The summed E-state index contributed by atoms with van der Waals surface area (Å²) in [6.45, 7) is 3.71. The minimum atomic E-state index is -0.472. The van der Waals surface area contributed by atoms with Gasteiger partial charge < -0.3 is 4.74 Å². The first kappa shape index (κ1) is 13.1. The molecule has 0 aliphatic carbocycles. The smallest absolute Gasteiger partial charge is 0.342 e. The van der Waals surface area contributed by atoms with E-state index in [1.54, 1.807) is 26.0 Å². The molecule has 0 bridgehead atoms. The van der Waals surface area contributed by atoms with Crippen molar-refractivity contribution in [3.8, 4) is 11.3 Å². The highest BCUT2D eigenvalue weighted by atomic mass is 19.1.